The summed E-state index contributed by atoms with van der Waals surface area (Å²) in [5.74, 6) is -0.690. The zero-order valence-corrected chi connectivity index (χ0v) is 20.9. The summed E-state index contributed by atoms with van der Waals surface area (Å²) < 4.78 is 1.67. The maximum atomic E-state index is 11.8. The first-order chi connectivity index (χ1) is 18.4. The number of nitrogen functional groups attached to an aromatic ring is 1. The molecule has 4 heterocycles. The summed E-state index contributed by atoms with van der Waals surface area (Å²) in [6.07, 6.45) is 4.32. The first-order valence-corrected chi connectivity index (χ1v) is 12.4. The summed E-state index contributed by atoms with van der Waals surface area (Å²) >= 11 is 0. The quantitative estimate of drug-likeness (QED) is 0.378. The highest BCUT2D eigenvalue weighted by atomic mass is 16.4. The van der Waals surface area contributed by atoms with Crippen LogP contribution in [0.2, 0.25) is 0 Å². The third-order valence-electron chi connectivity index (χ3n) is 6.74. The molecule has 0 aliphatic carbocycles. The SMILES string of the molecule is CC(c1cccc(Cn2cc(-c3cc(-c4cccc(C#N)c4)nc(N)n3)nn2)n1)N1CCCC[C@H]1C(=O)O. The van der Waals surface area contributed by atoms with Gasteiger partial charge in [-0.2, -0.15) is 5.26 Å². The van der Waals surface area contributed by atoms with E-state index in [0.29, 0.717) is 35.6 Å². The van der Waals surface area contributed by atoms with Gasteiger partial charge >= 0.3 is 5.97 Å². The number of hydrogen-bond donors (Lipinski definition) is 2. The smallest absolute Gasteiger partial charge is 0.320 e. The Labute approximate surface area is 219 Å². The summed E-state index contributed by atoms with van der Waals surface area (Å²) in [6.45, 7) is 3.12. The van der Waals surface area contributed by atoms with Crippen molar-refractivity contribution in [1.29, 1.82) is 5.26 Å². The predicted octanol–water partition coefficient (Wildman–Crippen LogP) is 3.30. The number of nitrogens with two attached hydrogens (primary N) is 1. The number of carboxylic acids is 1. The molecule has 1 aromatic carbocycles. The Hall–Kier alpha value is -4.69. The van der Waals surface area contributed by atoms with Crippen LogP contribution in [0.3, 0.4) is 0 Å². The van der Waals surface area contributed by atoms with Crippen molar-refractivity contribution in [3.05, 3.63) is 71.7 Å². The van der Waals surface area contributed by atoms with Gasteiger partial charge in [0.1, 0.15) is 11.7 Å². The zero-order valence-electron chi connectivity index (χ0n) is 20.9. The fourth-order valence-corrected chi connectivity index (χ4v) is 4.82. The highest BCUT2D eigenvalue weighted by molar-refractivity contribution is 5.73. The molecule has 4 aromatic rings. The van der Waals surface area contributed by atoms with E-state index in [0.717, 1.165) is 36.3 Å². The Balaban J connectivity index is 1.35. The summed E-state index contributed by atoms with van der Waals surface area (Å²) in [7, 11) is 0. The second-order valence-corrected chi connectivity index (χ2v) is 9.31. The molecule has 0 bridgehead atoms. The Kier molecular flexibility index (Phi) is 7.06. The number of nitriles is 1. The number of benzene rings is 1. The molecule has 1 aliphatic rings. The Morgan fingerprint density at radius 2 is 1.95 bits per heavy atom. The van der Waals surface area contributed by atoms with Crippen molar-refractivity contribution in [2.45, 2.75) is 44.8 Å². The van der Waals surface area contributed by atoms with Crippen LogP contribution in [0.4, 0.5) is 5.95 Å². The van der Waals surface area contributed by atoms with Crippen molar-refractivity contribution in [2.24, 2.45) is 0 Å². The van der Waals surface area contributed by atoms with E-state index in [4.69, 9.17) is 10.7 Å². The van der Waals surface area contributed by atoms with Gasteiger partial charge < -0.3 is 10.8 Å². The maximum absolute atomic E-state index is 11.8. The molecule has 0 radical (unpaired) electrons. The van der Waals surface area contributed by atoms with Crippen molar-refractivity contribution >= 4 is 11.9 Å². The monoisotopic (exact) mass is 509 g/mol. The number of aliphatic carboxylic acids is 1. The Bertz CT molecular complexity index is 1510. The normalized spacial score (nSPS) is 16.6. The third kappa shape index (κ3) is 5.35. The van der Waals surface area contributed by atoms with Crippen molar-refractivity contribution < 1.29 is 9.90 Å². The van der Waals surface area contributed by atoms with Crippen LogP contribution in [0.15, 0.2) is 54.7 Å². The number of rotatable bonds is 7. The largest absolute Gasteiger partial charge is 0.480 e. The van der Waals surface area contributed by atoms with Crippen molar-refractivity contribution in [1.82, 2.24) is 34.8 Å². The molecule has 3 aromatic heterocycles. The summed E-state index contributed by atoms with van der Waals surface area (Å²) in [6, 6.07) is 16.2. The number of carbonyl (C=O) groups is 1. The number of nitrogens with zero attached hydrogens (tertiary/aromatic N) is 8. The van der Waals surface area contributed by atoms with Crippen LogP contribution in [-0.2, 0) is 11.3 Å². The summed E-state index contributed by atoms with van der Waals surface area (Å²) in [5.41, 5.74) is 10.5. The van der Waals surface area contributed by atoms with Crippen LogP contribution >= 0.6 is 0 Å². The molecule has 2 atom stereocenters. The standard InChI is InChI=1S/C27H27N9O2/c1-17(36-11-3-2-10-25(36)26(37)38)21-9-5-8-20(30-21)15-35-16-24(33-34-35)23-13-22(31-27(29)32-23)19-7-4-6-18(12-19)14-28/h4-9,12-13,16-17,25H,2-3,10-11,15H2,1H3,(H,37,38)(H2,29,31,32)/t17?,25-/m0/s1. The Morgan fingerprint density at radius 1 is 1.13 bits per heavy atom. The first kappa shape index (κ1) is 25.0. The molecule has 1 unspecified atom stereocenters. The van der Waals surface area contributed by atoms with Gasteiger partial charge in [-0.3, -0.25) is 14.7 Å². The van der Waals surface area contributed by atoms with Gasteiger partial charge in [0.2, 0.25) is 5.95 Å². The molecule has 1 saturated heterocycles. The number of hydrogen-bond acceptors (Lipinski definition) is 9. The highest BCUT2D eigenvalue weighted by Crippen LogP contribution is 2.28. The lowest BCUT2D eigenvalue weighted by atomic mass is 9.99. The van der Waals surface area contributed by atoms with Crippen LogP contribution in [0.25, 0.3) is 22.6 Å². The molecule has 11 nitrogen and oxygen atoms in total. The lowest BCUT2D eigenvalue weighted by Crippen LogP contribution is -2.46. The second-order valence-electron chi connectivity index (χ2n) is 9.31. The molecule has 0 spiro atoms. The average Bonchev–Trinajstić information content (AvgIpc) is 3.41. The fraction of sp³-hybridized carbons (Fsp3) is 0.296. The van der Waals surface area contributed by atoms with Crippen LogP contribution in [0.1, 0.15) is 49.2 Å². The summed E-state index contributed by atoms with van der Waals surface area (Å²) in [4.78, 5) is 27.2. The minimum Gasteiger partial charge on any atom is -0.480 e. The third-order valence-corrected chi connectivity index (χ3v) is 6.74. The van der Waals surface area contributed by atoms with Gasteiger partial charge in [0, 0.05) is 5.56 Å². The van der Waals surface area contributed by atoms with Gasteiger partial charge in [-0.15, -0.1) is 5.10 Å². The number of pyridine rings is 1. The van der Waals surface area contributed by atoms with E-state index in [1.165, 1.54) is 0 Å². The topological polar surface area (TPSA) is 160 Å². The number of aromatic nitrogens is 6. The number of anilines is 1. The van der Waals surface area contributed by atoms with E-state index in [9.17, 15) is 15.2 Å². The second kappa shape index (κ2) is 10.7. The zero-order chi connectivity index (χ0) is 26.6. The molecule has 1 fully saturated rings. The van der Waals surface area contributed by atoms with Crippen LogP contribution in [-0.4, -0.2) is 58.5 Å². The van der Waals surface area contributed by atoms with E-state index >= 15 is 0 Å². The molecule has 5 rings (SSSR count). The highest BCUT2D eigenvalue weighted by Gasteiger charge is 2.32. The predicted molar refractivity (Wildman–Crippen MR) is 139 cm³/mol. The molecule has 1 aliphatic heterocycles. The van der Waals surface area contributed by atoms with Gasteiger partial charge in [-0.05, 0) is 56.6 Å². The molecular formula is C27H27N9O2. The average molecular weight is 510 g/mol. The van der Waals surface area contributed by atoms with Gasteiger partial charge in [0.15, 0.2) is 0 Å². The minimum atomic E-state index is -0.783. The van der Waals surface area contributed by atoms with Crippen LogP contribution < -0.4 is 5.73 Å². The molecule has 11 heteroatoms. The van der Waals surface area contributed by atoms with E-state index in [1.807, 2.05) is 36.1 Å². The molecule has 3 N–H and O–H groups in total. The van der Waals surface area contributed by atoms with Gasteiger partial charge in [-0.1, -0.05) is 29.8 Å². The number of carboxylic acid groups (broad SMARTS) is 1. The summed E-state index contributed by atoms with van der Waals surface area (Å²) in [5, 5.41) is 27.4. The maximum Gasteiger partial charge on any atom is 0.320 e. The number of piperidine rings is 1. The Morgan fingerprint density at radius 3 is 2.76 bits per heavy atom. The lowest BCUT2D eigenvalue weighted by Gasteiger charge is -2.37. The molecule has 0 amide bonds. The number of likely N-dealkylation sites (tertiary alicyclic amines) is 1. The first-order valence-electron chi connectivity index (χ1n) is 12.4. The lowest BCUT2D eigenvalue weighted by molar-refractivity contribution is -0.145. The van der Waals surface area contributed by atoms with Gasteiger partial charge in [0.25, 0.3) is 0 Å². The van der Waals surface area contributed by atoms with E-state index in [2.05, 4.69) is 26.3 Å². The van der Waals surface area contributed by atoms with Crippen LogP contribution in [0.5, 0.6) is 0 Å². The van der Waals surface area contributed by atoms with Crippen molar-refractivity contribution in [3.63, 3.8) is 0 Å². The van der Waals surface area contributed by atoms with E-state index < -0.39 is 12.0 Å². The molecule has 192 valence electrons. The minimum absolute atomic E-state index is 0.0927. The molecule has 0 saturated carbocycles. The molecular weight excluding hydrogens is 482 g/mol. The molecule has 38 heavy (non-hydrogen) atoms. The van der Waals surface area contributed by atoms with E-state index in [1.54, 1.807) is 35.1 Å². The van der Waals surface area contributed by atoms with E-state index in [-0.39, 0.29) is 12.0 Å². The van der Waals surface area contributed by atoms with Gasteiger partial charge in [-0.25, -0.2) is 14.6 Å². The van der Waals surface area contributed by atoms with Crippen LogP contribution in [0, 0.1) is 11.3 Å². The fourth-order valence-electron chi connectivity index (χ4n) is 4.82. The van der Waals surface area contributed by atoms with Gasteiger partial charge in [0.05, 0.1) is 53.2 Å². The van der Waals surface area contributed by atoms with Crippen molar-refractivity contribution in [3.8, 4) is 28.7 Å². The van der Waals surface area contributed by atoms with Crippen molar-refractivity contribution in [2.75, 3.05) is 12.3 Å².